The summed E-state index contributed by atoms with van der Waals surface area (Å²) >= 11 is 0. The fourth-order valence-electron chi connectivity index (χ4n) is 6.66. The lowest BCUT2D eigenvalue weighted by atomic mass is 10.1. The van der Waals surface area contributed by atoms with E-state index >= 15 is 0 Å². The van der Waals surface area contributed by atoms with Crippen LogP contribution >= 0.6 is 0 Å². The van der Waals surface area contributed by atoms with Crippen molar-refractivity contribution in [3.63, 3.8) is 0 Å². The molecule has 0 aromatic rings. The monoisotopic (exact) mass is 887 g/mol. The lowest BCUT2D eigenvalue weighted by Gasteiger charge is -2.18. The van der Waals surface area contributed by atoms with E-state index in [1.54, 1.807) is 0 Å². The van der Waals surface area contributed by atoms with Gasteiger partial charge in [0, 0.05) is 19.3 Å². The Morgan fingerprint density at radius 3 is 0.984 bits per heavy atom. The predicted molar refractivity (Wildman–Crippen MR) is 274 cm³/mol. The van der Waals surface area contributed by atoms with Crippen LogP contribution in [0.5, 0.6) is 0 Å². The maximum atomic E-state index is 12.8. The van der Waals surface area contributed by atoms with E-state index in [4.69, 9.17) is 14.2 Å². The highest BCUT2D eigenvalue weighted by atomic mass is 16.6. The largest absolute Gasteiger partial charge is 0.462 e. The van der Waals surface area contributed by atoms with Gasteiger partial charge in [-0.05, 0) is 116 Å². The van der Waals surface area contributed by atoms with Gasteiger partial charge in [-0.15, -0.1) is 0 Å². The van der Waals surface area contributed by atoms with Crippen molar-refractivity contribution in [1.29, 1.82) is 0 Å². The zero-order chi connectivity index (χ0) is 46.5. The van der Waals surface area contributed by atoms with E-state index in [-0.39, 0.29) is 31.1 Å². The van der Waals surface area contributed by atoms with E-state index in [0.29, 0.717) is 19.3 Å². The molecule has 0 radical (unpaired) electrons. The van der Waals surface area contributed by atoms with Crippen molar-refractivity contribution in [2.75, 3.05) is 13.2 Å². The van der Waals surface area contributed by atoms with Gasteiger partial charge in [0.05, 0.1) is 0 Å². The van der Waals surface area contributed by atoms with E-state index in [1.807, 2.05) is 0 Å². The van der Waals surface area contributed by atoms with Gasteiger partial charge in [0.1, 0.15) is 13.2 Å². The Hall–Kier alpha value is -3.93. The van der Waals surface area contributed by atoms with Gasteiger partial charge in [0.2, 0.25) is 0 Å². The van der Waals surface area contributed by atoms with Gasteiger partial charge in [-0.1, -0.05) is 194 Å². The number of hydrogen-bond donors (Lipinski definition) is 0. The van der Waals surface area contributed by atoms with E-state index in [1.165, 1.54) is 38.5 Å². The Bertz CT molecular complexity index is 1340. The summed E-state index contributed by atoms with van der Waals surface area (Å²) in [5.41, 5.74) is 0. The van der Waals surface area contributed by atoms with Crippen LogP contribution in [0, 0.1) is 0 Å². The molecule has 64 heavy (non-hydrogen) atoms. The zero-order valence-corrected chi connectivity index (χ0v) is 41.3. The maximum Gasteiger partial charge on any atom is 0.306 e. The van der Waals surface area contributed by atoms with Crippen LogP contribution in [0.25, 0.3) is 0 Å². The van der Waals surface area contributed by atoms with Crippen LogP contribution in [-0.4, -0.2) is 37.2 Å². The summed E-state index contributed by atoms with van der Waals surface area (Å²) in [4.78, 5) is 37.9. The molecule has 0 rings (SSSR count). The van der Waals surface area contributed by atoms with E-state index in [9.17, 15) is 14.4 Å². The number of unbranched alkanes of at least 4 members (excludes halogenated alkanes) is 16. The van der Waals surface area contributed by atoms with Crippen LogP contribution in [0.3, 0.4) is 0 Å². The van der Waals surface area contributed by atoms with Gasteiger partial charge in [-0.25, -0.2) is 0 Å². The highest BCUT2D eigenvalue weighted by Crippen LogP contribution is 2.13. The molecular formula is C58H94O6. The number of hydrogen-bond acceptors (Lipinski definition) is 6. The minimum absolute atomic E-state index is 0.0995. The molecule has 0 saturated carbocycles. The molecule has 362 valence electrons. The van der Waals surface area contributed by atoms with Crippen molar-refractivity contribution in [2.24, 2.45) is 0 Å². The lowest BCUT2D eigenvalue weighted by molar-refractivity contribution is -0.167. The van der Waals surface area contributed by atoms with Crippen LogP contribution in [0.2, 0.25) is 0 Å². The Morgan fingerprint density at radius 1 is 0.328 bits per heavy atom. The Balaban J connectivity index is 4.44. The fourth-order valence-corrected chi connectivity index (χ4v) is 6.66. The van der Waals surface area contributed by atoms with Crippen molar-refractivity contribution in [3.05, 3.63) is 109 Å². The third-order valence-electron chi connectivity index (χ3n) is 10.5. The molecule has 0 spiro atoms. The average molecular weight is 887 g/mol. The first-order chi connectivity index (χ1) is 31.5. The first kappa shape index (κ1) is 60.1. The average Bonchev–Trinajstić information content (AvgIpc) is 3.29. The van der Waals surface area contributed by atoms with Crippen molar-refractivity contribution in [1.82, 2.24) is 0 Å². The highest BCUT2D eigenvalue weighted by Gasteiger charge is 2.19. The number of allylic oxidation sites excluding steroid dienone is 18. The van der Waals surface area contributed by atoms with E-state index < -0.39 is 6.10 Å². The van der Waals surface area contributed by atoms with Crippen LogP contribution in [0.1, 0.15) is 220 Å². The second-order valence-electron chi connectivity index (χ2n) is 16.7. The first-order valence-electron chi connectivity index (χ1n) is 25.9. The summed E-state index contributed by atoms with van der Waals surface area (Å²) in [6.45, 7) is 6.29. The minimum atomic E-state index is -0.801. The third-order valence-corrected chi connectivity index (χ3v) is 10.5. The molecule has 0 aromatic heterocycles. The first-order valence-corrected chi connectivity index (χ1v) is 25.9. The normalized spacial score (nSPS) is 13.0. The molecule has 0 heterocycles. The lowest BCUT2D eigenvalue weighted by Crippen LogP contribution is -2.30. The zero-order valence-electron chi connectivity index (χ0n) is 41.3. The van der Waals surface area contributed by atoms with Gasteiger partial charge in [-0.3, -0.25) is 14.4 Å². The topological polar surface area (TPSA) is 78.9 Å². The summed E-state index contributed by atoms with van der Waals surface area (Å²) in [6.07, 6.45) is 69.3. The molecule has 6 nitrogen and oxygen atoms in total. The summed E-state index contributed by atoms with van der Waals surface area (Å²) in [5.74, 6) is -0.959. The van der Waals surface area contributed by atoms with Gasteiger partial charge in [-0.2, -0.15) is 0 Å². The van der Waals surface area contributed by atoms with Gasteiger partial charge in [0.15, 0.2) is 6.10 Å². The molecule has 0 aliphatic carbocycles. The van der Waals surface area contributed by atoms with E-state index in [0.717, 1.165) is 141 Å². The molecule has 0 aliphatic heterocycles. The molecule has 0 bridgehead atoms. The maximum absolute atomic E-state index is 12.8. The SMILES string of the molecule is CC/C=C\C/C=C\C/C=C\C/C=C\C/C=C\CCCCCC(=O)OCC(COC(=O)CCCCCCC/C=C\CCC)OC(=O)CCCCCCCCC/C=C\C/C=C\C/C=C\CC. The van der Waals surface area contributed by atoms with Gasteiger partial charge in [0.25, 0.3) is 0 Å². The Morgan fingerprint density at radius 2 is 0.609 bits per heavy atom. The predicted octanol–water partition coefficient (Wildman–Crippen LogP) is 17.1. The molecule has 0 saturated heterocycles. The van der Waals surface area contributed by atoms with Crippen molar-refractivity contribution in [3.8, 4) is 0 Å². The van der Waals surface area contributed by atoms with Crippen LogP contribution in [-0.2, 0) is 28.6 Å². The van der Waals surface area contributed by atoms with E-state index in [2.05, 4.69) is 130 Å². The molecule has 0 amide bonds. The Kier molecular flexibility index (Phi) is 48.5. The van der Waals surface area contributed by atoms with Gasteiger partial charge < -0.3 is 14.2 Å². The summed E-state index contributed by atoms with van der Waals surface area (Å²) in [5, 5.41) is 0. The highest BCUT2D eigenvalue weighted by molar-refractivity contribution is 5.71. The number of carbonyl (C=O) groups is 3. The van der Waals surface area contributed by atoms with Crippen LogP contribution in [0.4, 0.5) is 0 Å². The summed E-state index contributed by atoms with van der Waals surface area (Å²) in [7, 11) is 0. The summed E-state index contributed by atoms with van der Waals surface area (Å²) in [6, 6.07) is 0. The summed E-state index contributed by atoms with van der Waals surface area (Å²) < 4.78 is 16.7. The molecule has 6 heteroatoms. The fraction of sp³-hybridized carbons (Fsp3) is 0.638. The number of carbonyl (C=O) groups excluding carboxylic acids is 3. The van der Waals surface area contributed by atoms with Crippen molar-refractivity contribution < 1.29 is 28.6 Å². The standard InChI is InChI=1S/C58H94O6/c1-4-7-10-13-16-19-22-24-26-28-29-31-32-34-36-39-42-45-48-51-57(60)63-54-55(53-62-56(59)50-47-44-41-38-21-18-15-12-9-6-3)64-58(61)52-49-46-43-40-37-35-33-30-27-25-23-20-17-14-11-8-5-2/h7-8,10-12,15-17,19-20,24-27,29,31,34,36,55H,4-6,9,13-14,18,21-23,28,30,32-33,35,37-54H2,1-3H3/b10-7-,11-8-,15-12-,19-16-,20-17-,26-24-,27-25-,31-29-,36-34-. The second-order valence-corrected chi connectivity index (χ2v) is 16.7. The Labute approximate surface area is 393 Å². The quantitative estimate of drug-likeness (QED) is 0.0262. The molecular weight excluding hydrogens is 793 g/mol. The smallest absolute Gasteiger partial charge is 0.306 e. The second kappa shape index (κ2) is 51.7. The van der Waals surface area contributed by atoms with Gasteiger partial charge >= 0.3 is 17.9 Å². The van der Waals surface area contributed by atoms with Crippen molar-refractivity contribution in [2.45, 2.75) is 226 Å². The molecule has 1 atom stereocenters. The number of ether oxygens (including phenoxy) is 3. The number of rotatable bonds is 45. The molecule has 0 fully saturated rings. The van der Waals surface area contributed by atoms with Crippen LogP contribution < -0.4 is 0 Å². The van der Waals surface area contributed by atoms with Crippen molar-refractivity contribution >= 4 is 17.9 Å². The minimum Gasteiger partial charge on any atom is -0.462 e. The molecule has 1 unspecified atom stereocenters. The molecule has 0 aromatic carbocycles. The molecule has 0 N–H and O–H groups in total. The molecule has 0 aliphatic rings. The third kappa shape index (κ3) is 49.1. The number of esters is 3. The van der Waals surface area contributed by atoms with Crippen LogP contribution in [0.15, 0.2) is 109 Å².